The Hall–Kier alpha value is -1.84. The van der Waals surface area contributed by atoms with Crippen LogP contribution in [-0.2, 0) is 12.0 Å². The third-order valence-corrected chi connectivity index (χ3v) is 5.65. The molecule has 3 nitrogen and oxygen atoms in total. The first-order chi connectivity index (χ1) is 13.4. The first kappa shape index (κ1) is 20.9. The Kier molecular flexibility index (Phi) is 7.14. The van der Waals surface area contributed by atoms with Crippen molar-refractivity contribution in [2.75, 3.05) is 32.7 Å². The van der Waals surface area contributed by atoms with Crippen molar-refractivity contribution in [1.29, 1.82) is 0 Å². The van der Waals surface area contributed by atoms with Crippen LogP contribution in [0.15, 0.2) is 54.6 Å². The minimum absolute atomic E-state index is 0.183. The molecule has 28 heavy (non-hydrogen) atoms. The average molecular weight is 381 g/mol. The third-order valence-electron chi connectivity index (χ3n) is 5.65. The molecule has 2 aromatic carbocycles. The van der Waals surface area contributed by atoms with Gasteiger partial charge in [-0.25, -0.2) is 0 Å². The average Bonchev–Trinajstić information content (AvgIpc) is 2.69. The lowest BCUT2D eigenvalue weighted by molar-refractivity contribution is 0.0794. The Labute approximate surface area is 171 Å². The monoisotopic (exact) mass is 380 g/mol. The van der Waals surface area contributed by atoms with Gasteiger partial charge in [0.2, 0.25) is 0 Å². The Balaban J connectivity index is 1.46. The van der Waals surface area contributed by atoms with Crippen molar-refractivity contribution in [3.63, 3.8) is 0 Å². The molecule has 0 radical (unpaired) electrons. The minimum Gasteiger partial charge on any atom is -0.489 e. The molecule has 1 fully saturated rings. The second-order valence-corrected chi connectivity index (χ2v) is 8.98. The maximum absolute atomic E-state index is 6.30. The molecule has 3 heteroatoms. The lowest BCUT2D eigenvalue weighted by Crippen LogP contribution is -2.48. The fourth-order valence-electron chi connectivity index (χ4n) is 3.74. The lowest BCUT2D eigenvalue weighted by atomic mass is 9.87. The summed E-state index contributed by atoms with van der Waals surface area (Å²) in [6.45, 7) is 15.5. The molecule has 0 spiro atoms. The molecule has 0 bridgehead atoms. The Morgan fingerprint density at radius 1 is 0.857 bits per heavy atom. The quantitative estimate of drug-likeness (QED) is 0.675. The van der Waals surface area contributed by atoms with E-state index >= 15 is 0 Å². The van der Waals surface area contributed by atoms with Crippen LogP contribution in [0.3, 0.4) is 0 Å². The number of piperazine rings is 1. The van der Waals surface area contributed by atoms with Crippen LogP contribution in [-0.4, -0.2) is 48.6 Å². The smallest absolute Gasteiger partial charge is 0.119 e. The molecular weight excluding hydrogens is 344 g/mol. The topological polar surface area (TPSA) is 15.7 Å². The van der Waals surface area contributed by atoms with Gasteiger partial charge in [0.25, 0.3) is 0 Å². The standard InChI is InChI=1S/C25H36N2O/c1-5-23(28-24-13-11-22(12-14-24)25(2,3)4)20-27-17-15-26(16-18-27)19-21-9-7-6-8-10-21/h6-14,23H,5,15-20H2,1-4H3. The van der Waals surface area contributed by atoms with E-state index in [4.69, 9.17) is 4.74 Å². The summed E-state index contributed by atoms with van der Waals surface area (Å²) in [7, 11) is 0. The Morgan fingerprint density at radius 3 is 2.04 bits per heavy atom. The highest BCUT2D eigenvalue weighted by molar-refractivity contribution is 5.31. The summed E-state index contributed by atoms with van der Waals surface area (Å²) in [5.41, 5.74) is 2.94. The molecule has 0 aliphatic carbocycles. The van der Waals surface area contributed by atoms with E-state index in [1.807, 2.05) is 0 Å². The summed E-state index contributed by atoms with van der Waals surface area (Å²) in [4.78, 5) is 5.11. The molecule has 1 aliphatic rings. The van der Waals surface area contributed by atoms with Crippen molar-refractivity contribution >= 4 is 0 Å². The maximum Gasteiger partial charge on any atom is 0.119 e. The van der Waals surface area contributed by atoms with Gasteiger partial charge in [0, 0.05) is 39.3 Å². The molecule has 1 atom stereocenters. The van der Waals surface area contributed by atoms with Gasteiger partial charge >= 0.3 is 0 Å². The molecule has 1 unspecified atom stereocenters. The van der Waals surface area contributed by atoms with Crippen LogP contribution in [0.25, 0.3) is 0 Å². The predicted octanol–water partition coefficient (Wildman–Crippen LogP) is 4.96. The van der Waals surface area contributed by atoms with E-state index < -0.39 is 0 Å². The number of benzene rings is 2. The van der Waals surface area contributed by atoms with Gasteiger partial charge in [-0.2, -0.15) is 0 Å². The van der Waals surface area contributed by atoms with Gasteiger partial charge in [-0.1, -0.05) is 70.2 Å². The van der Waals surface area contributed by atoms with E-state index in [1.54, 1.807) is 0 Å². The third kappa shape index (κ3) is 6.08. The molecule has 152 valence electrons. The summed E-state index contributed by atoms with van der Waals surface area (Å²) in [5, 5.41) is 0. The van der Waals surface area contributed by atoms with Crippen molar-refractivity contribution in [3.8, 4) is 5.75 Å². The van der Waals surface area contributed by atoms with Crippen molar-refractivity contribution < 1.29 is 4.74 Å². The van der Waals surface area contributed by atoms with E-state index in [0.29, 0.717) is 0 Å². The number of hydrogen-bond donors (Lipinski definition) is 0. The van der Waals surface area contributed by atoms with Crippen LogP contribution < -0.4 is 4.74 Å². The second kappa shape index (κ2) is 9.58. The summed E-state index contributed by atoms with van der Waals surface area (Å²) < 4.78 is 6.30. The normalized spacial score (nSPS) is 17.4. The van der Waals surface area contributed by atoms with Gasteiger partial charge in [-0.3, -0.25) is 9.80 Å². The molecular formula is C25H36N2O. The molecule has 0 N–H and O–H groups in total. The van der Waals surface area contributed by atoms with Crippen molar-refractivity contribution in [1.82, 2.24) is 9.80 Å². The van der Waals surface area contributed by atoms with E-state index in [1.165, 1.54) is 11.1 Å². The fourth-order valence-corrected chi connectivity index (χ4v) is 3.74. The van der Waals surface area contributed by atoms with Gasteiger partial charge in [0.15, 0.2) is 0 Å². The summed E-state index contributed by atoms with van der Waals surface area (Å²) in [6, 6.07) is 19.4. The van der Waals surface area contributed by atoms with Crippen LogP contribution >= 0.6 is 0 Å². The molecule has 3 rings (SSSR count). The molecule has 2 aromatic rings. The van der Waals surface area contributed by atoms with E-state index in [-0.39, 0.29) is 11.5 Å². The van der Waals surface area contributed by atoms with E-state index in [2.05, 4.69) is 92.1 Å². The summed E-state index contributed by atoms with van der Waals surface area (Å²) in [5.74, 6) is 0.988. The van der Waals surface area contributed by atoms with E-state index in [9.17, 15) is 0 Å². The molecule has 1 heterocycles. The van der Waals surface area contributed by atoms with Crippen molar-refractivity contribution in [3.05, 3.63) is 65.7 Å². The summed E-state index contributed by atoms with van der Waals surface area (Å²) >= 11 is 0. The lowest BCUT2D eigenvalue weighted by Gasteiger charge is -2.36. The number of hydrogen-bond acceptors (Lipinski definition) is 3. The van der Waals surface area contributed by atoms with Crippen LogP contribution in [0.1, 0.15) is 45.2 Å². The predicted molar refractivity (Wildman–Crippen MR) is 118 cm³/mol. The van der Waals surface area contributed by atoms with Crippen LogP contribution in [0, 0.1) is 0 Å². The van der Waals surface area contributed by atoms with E-state index in [0.717, 1.165) is 51.4 Å². The molecule has 0 amide bonds. The number of rotatable bonds is 7. The van der Waals surface area contributed by atoms with Crippen molar-refractivity contribution in [2.24, 2.45) is 0 Å². The van der Waals surface area contributed by atoms with Crippen LogP contribution in [0.5, 0.6) is 5.75 Å². The zero-order valence-corrected chi connectivity index (χ0v) is 18.0. The van der Waals surface area contributed by atoms with Gasteiger partial charge in [0.1, 0.15) is 11.9 Å². The molecule has 1 saturated heterocycles. The van der Waals surface area contributed by atoms with Crippen molar-refractivity contribution in [2.45, 2.75) is 52.2 Å². The summed E-state index contributed by atoms with van der Waals surface area (Å²) in [6.07, 6.45) is 1.28. The highest BCUT2D eigenvalue weighted by Crippen LogP contribution is 2.25. The highest BCUT2D eigenvalue weighted by Gasteiger charge is 2.21. The number of ether oxygens (including phenoxy) is 1. The SMILES string of the molecule is CCC(CN1CCN(Cc2ccccc2)CC1)Oc1ccc(C(C)(C)C)cc1. The van der Waals surface area contributed by atoms with Crippen LogP contribution in [0.4, 0.5) is 0 Å². The minimum atomic E-state index is 0.183. The van der Waals surface area contributed by atoms with Crippen LogP contribution in [0.2, 0.25) is 0 Å². The first-order valence-electron chi connectivity index (χ1n) is 10.7. The Morgan fingerprint density at radius 2 is 1.46 bits per heavy atom. The Bertz CT molecular complexity index is 698. The van der Waals surface area contributed by atoms with Gasteiger partial charge in [-0.05, 0) is 35.1 Å². The van der Waals surface area contributed by atoms with Gasteiger partial charge < -0.3 is 4.74 Å². The van der Waals surface area contributed by atoms with Gasteiger partial charge in [0.05, 0.1) is 0 Å². The molecule has 0 saturated carbocycles. The molecule has 0 aromatic heterocycles. The first-order valence-corrected chi connectivity index (χ1v) is 10.7. The highest BCUT2D eigenvalue weighted by atomic mass is 16.5. The maximum atomic E-state index is 6.30. The molecule has 1 aliphatic heterocycles. The zero-order valence-electron chi connectivity index (χ0n) is 18.0. The fraction of sp³-hybridized carbons (Fsp3) is 0.520. The number of nitrogens with zero attached hydrogens (tertiary/aromatic N) is 2. The van der Waals surface area contributed by atoms with Gasteiger partial charge in [-0.15, -0.1) is 0 Å². The largest absolute Gasteiger partial charge is 0.489 e. The zero-order chi connectivity index (χ0) is 20.0. The second-order valence-electron chi connectivity index (χ2n) is 8.98.